The van der Waals surface area contributed by atoms with Gasteiger partial charge in [-0.15, -0.1) is 0 Å². The summed E-state index contributed by atoms with van der Waals surface area (Å²) in [6.07, 6.45) is 2.72. The number of aliphatic imine (C=N–C) groups is 1. The minimum atomic E-state index is 0.154. The van der Waals surface area contributed by atoms with Crippen LogP contribution in [0.25, 0.3) is 22.6 Å². The summed E-state index contributed by atoms with van der Waals surface area (Å²) >= 11 is 6.75. The van der Waals surface area contributed by atoms with E-state index in [9.17, 15) is 5.11 Å². The normalized spacial score (nSPS) is 12.7. The number of hydrogen-bond acceptors (Lipinski definition) is 4. The molecule has 0 fully saturated rings. The van der Waals surface area contributed by atoms with Crippen LogP contribution in [0.5, 0.6) is 5.75 Å². The van der Waals surface area contributed by atoms with Crippen molar-refractivity contribution in [2.24, 2.45) is 4.99 Å². The van der Waals surface area contributed by atoms with Gasteiger partial charge in [-0.3, -0.25) is 4.99 Å². The van der Waals surface area contributed by atoms with Gasteiger partial charge in [0.25, 0.3) is 0 Å². The number of phenolic OH excluding ortho intramolecular Hbond substituents is 1. The third kappa shape index (κ3) is 4.35. The van der Waals surface area contributed by atoms with E-state index in [2.05, 4.69) is 67.8 Å². The highest BCUT2D eigenvalue weighted by atomic mass is 79.9. The SMILES string of the molecule is CCC(C)c1ccc2oc(-c3ccc(N=Cc4cc(Br)cc(Br)c4O)cc3)nc2c1. The van der Waals surface area contributed by atoms with E-state index in [0.29, 0.717) is 21.8 Å². The average Bonchev–Trinajstić information content (AvgIpc) is 3.18. The Morgan fingerprint density at radius 3 is 2.60 bits per heavy atom. The maximum absolute atomic E-state index is 10.2. The molecule has 1 atom stereocenters. The van der Waals surface area contributed by atoms with E-state index < -0.39 is 0 Å². The molecule has 4 rings (SSSR count). The van der Waals surface area contributed by atoms with Crippen LogP contribution >= 0.6 is 31.9 Å². The molecule has 1 heterocycles. The molecular formula is C24H20Br2N2O2. The van der Waals surface area contributed by atoms with Gasteiger partial charge in [0, 0.05) is 21.8 Å². The number of phenols is 1. The van der Waals surface area contributed by atoms with Gasteiger partial charge >= 0.3 is 0 Å². The molecule has 0 aliphatic rings. The van der Waals surface area contributed by atoms with Crippen molar-refractivity contribution in [3.8, 4) is 17.2 Å². The lowest BCUT2D eigenvalue weighted by atomic mass is 9.98. The van der Waals surface area contributed by atoms with Crippen molar-refractivity contribution in [1.82, 2.24) is 4.98 Å². The van der Waals surface area contributed by atoms with Gasteiger partial charge in [0.2, 0.25) is 5.89 Å². The van der Waals surface area contributed by atoms with Crippen LogP contribution in [0.2, 0.25) is 0 Å². The number of fused-ring (bicyclic) bond motifs is 1. The van der Waals surface area contributed by atoms with Crippen LogP contribution in [0.3, 0.4) is 0 Å². The van der Waals surface area contributed by atoms with Crippen LogP contribution in [0.1, 0.15) is 37.3 Å². The maximum atomic E-state index is 10.2. The third-order valence-electron chi connectivity index (χ3n) is 5.12. The second-order valence-electron chi connectivity index (χ2n) is 7.19. The molecule has 1 unspecified atom stereocenters. The minimum Gasteiger partial charge on any atom is -0.506 e. The Bertz CT molecular complexity index is 1230. The molecule has 0 aliphatic carbocycles. The van der Waals surface area contributed by atoms with E-state index in [-0.39, 0.29) is 5.75 Å². The first-order chi connectivity index (χ1) is 14.4. The molecule has 4 nitrogen and oxygen atoms in total. The zero-order valence-corrected chi connectivity index (χ0v) is 19.7. The summed E-state index contributed by atoms with van der Waals surface area (Å²) in [6, 6.07) is 17.5. The van der Waals surface area contributed by atoms with Crippen molar-refractivity contribution in [1.29, 1.82) is 0 Å². The lowest BCUT2D eigenvalue weighted by Gasteiger charge is -2.07. The van der Waals surface area contributed by atoms with Crippen molar-refractivity contribution < 1.29 is 9.52 Å². The second kappa shape index (κ2) is 8.74. The Morgan fingerprint density at radius 2 is 1.87 bits per heavy atom. The summed E-state index contributed by atoms with van der Waals surface area (Å²) in [5.74, 6) is 1.24. The molecule has 0 bridgehead atoms. The summed E-state index contributed by atoms with van der Waals surface area (Å²) in [5.41, 5.74) is 5.22. The van der Waals surface area contributed by atoms with Crippen LogP contribution in [-0.4, -0.2) is 16.3 Å². The van der Waals surface area contributed by atoms with E-state index in [1.165, 1.54) is 5.56 Å². The number of oxazole rings is 1. The van der Waals surface area contributed by atoms with Gasteiger partial charge in [-0.25, -0.2) is 4.98 Å². The monoisotopic (exact) mass is 526 g/mol. The number of nitrogens with zero attached hydrogens (tertiary/aromatic N) is 2. The highest BCUT2D eigenvalue weighted by Gasteiger charge is 2.11. The van der Waals surface area contributed by atoms with Gasteiger partial charge in [-0.1, -0.05) is 35.8 Å². The topological polar surface area (TPSA) is 58.6 Å². The molecule has 3 aromatic carbocycles. The molecule has 0 saturated heterocycles. The molecule has 0 radical (unpaired) electrons. The fraction of sp³-hybridized carbons (Fsp3) is 0.167. The van der Waals surface area contributed by atoms with Gasteiger partial charge in [0.1, 0.15) is 11.3 Å². The van der Waals surface area contributed by atoms with Crippen molar-refractivity contribution >= 4 is 54.9 Å². The smallest absolute Gasteiger partial charge is 0.227 e. The molecular weight excluding hydrogens is 508 g/mol. The first-order valence-electron chi connectivity index (χ1n) is 9.67. The minimum absolute atomic E-state index is 0.154. The Hall–Kier alpha value is -2.44. The van der Waals surface area contributed by atoms with E-state index in [1.54, 1.807) is 12.3 Å². The largest absolute Gasteiger partial charge is 0.506 e. The molecule has 0 amide bonds. The number of benzene rings is 3. The summed E-state index contributed by atoms with van der Waals surface area (Å²) in [7, 11) is 0. The number of rotatable bonds is 5. The fourth-order valence-corrected chi connectivity index (χ4v) is 4.39. The van der Waals surface area contributed by atoms with Crippen molar-refractivity contribution in [2.45, 2.75) is 26.2 Å². The quantitative estimate of drug-likeness (QED) is 0.267. The zero-order valence-electron chi connectivity index (χ0n) is 16.6. The van der Waals surface area contributed by atoms with E-state index >= 15 is 0 Å². The van der Waals surface area contributed by atoms with Gasteiger partial charge in [-0.2, -0.15) is 0 Å². The van der Waals surface area contributed by atoms with Crippen molar-refractivity contribution in [3.63, 3.8) is 0 Å². The third-order valence-corrected chi connectivity index (χ3v) is 6.18. The van der Waals surface area contributed by atoms with Gasteiger partial charge in [0.15, 0.2) is 5.58 Å². The van der Waals surface area contributed by atoms with Crippen LogP contribution in [0.15, 0.2) is 73.0 Å². The first-order valence-corrected chi connectivity index (χ1v) is 11.3. The lowest BCUT2D eigenvalue weighted by molar-refractivity contribution is 0.471. The molecule has 0 aliphatic heterocycles. The van der Waals surface area contributed by atoms with Crippen LogP contribution < -0.4 is 0 Å². The summed E-state index contributed by atoms with van der Waals surface area (Å²) in [4.78, 5) is 9.13. The fourth-order valence-electron chi connectivity index (χ4n) is 3.13. The predicted octanol–water partition coefficient (Wildman–Crippen LogP) is 7.99. The molecule has 4 aromatic rings. The molecule has 6 heteroatoms. The number of aromatic hydroxyl groups is 1. The number of hydrogen-bond donors (Lipinski definition) is 1. The molecule has 1 N–H and O–H groups in total. The number of aromatic nitrogens is 1. The van der Waals surface area contributed by atoms with Crippen LogP contribution in [0, 0.1) is 0 Å². The van der Waals surface area contributed by atoms with Gasteiger partial charge in [0.05, 0.1) is 10.2 Å². The number of halogens is 2. The first kappa shape index (κ1) is 20.8. The van der Waals surface area contributed by atoms with Crippen molar-refractivity contribution in [3.05, 3.63) is 74.7 Å². The molecule has 152 valence electrons. The van der Waals surface area contributed by atoms with Crippen LogP contribution in [0.4, 0.5) is 5.69 Å². The molecule has 30 heavy (non-hydrogen) atoms. The second-order valence-corrected chi connectivity index (χ2v) is 8.96. The van der Waals surface area contributed by atoms with Gasteiger partial charge < -0.3 is 9.52 Å². The molecule has 0 saturated carbocycles. The van der Waals surface area contributed by atoms with Crippen molar-refractivity contribution in [2.75, 3.05) is 0 Å². The van der Waals surface area contributed by atoms with E-state index in [0.717, 1.165) is 33.2 Å². The van der Waals surface area contributed by atoms with E-state index in [1.807, 2.05) is 36.4 Å². The summed E-state index contributed by atoms with van der Waals surface area (Å²) in [6.45, 7) is 4.40. The van der Waals surface area contributed by atoms with E-state index in [4.69, 9.17) is 4.42 Å². The predicted molar refractivity (Wildman–Crippen MR) is 129 cm³/mol. The highest BCUT2D eigenvalue weighted by Crippen LogP contribution is 2.32. The molecule has 1 aromatic heterocycles. The summed E-state index contributed by atoms with van der Waals surface area (Å²) in [5, 5.41) is 10.2. The maximum Gasteiger partial charge on any atom is 0.227 e. The zero-order chi connectivity index (χ0) is 21.3. The Morgan fingerprint density at radius 1 is 1.10 bits per heavy atom. The average molecular weight is 528 g/mol. The summed E-state index contributed by atoms with van der Waals surface area (Å²) < 4.78 is 7.41. The van der Waals surface area contributed by atoms with Crippen LogP contribution in [-0.2, 0) is 0 Å². The Kier molecular flexibility index (Phi) is 6.06. The highest BCUT2D eigenvalue weighted by molar-refractivity contribution is 9.11. The molecule has 0 spiro atoms. The Labute approximate surface area is 191 Å². The van der Waals surface area contributed by atoms with Gasteiger partial charge in [-0.05, 0) is 82.4 Å². The standard InChI is InChI=1S/C24H20Br2N2O2/c1-3-14(2)16-6-9-22-21(11-16)28-24(30-22)15-4-7-19(8-5-15)27-13-17-10-18(25)12-20(26)23(17)29/h4-14,29H,3H2,1-2H3. The Balaban J connectivity index is 1.58. The lowest BCUT2D eigenvalue weighted by Crippen LogP contribution is -1.90.